The van der Waals surface area contributed by atoms with Crippen molar-refractivity contribution in [3.63, 3.8) is 0 Å². The van der Waals surface area contributed by atoms with E-state index in [1.165, 1.54) is 0 Å². The molecule has 0 aromatic heterocycles. The van der Waals surface area contributed by atoms with Crippen molar-refractivity contribution in [2.24, 2.45) is 0 Å². The number of halogens is 1. The van der Waals surface area contributed by atoms with Gasteiger partial charge < -0.3 is 9.84 Å². The Balaban J connectivity index is 2.55. The number of rotatable bonds is 4. The van der Waals surface area contributed by atoms with E-state index in [4.69, 9.17) is 9.84 Å². The van der Waals surface area contributed by atoms with Crippen LogP contribution in [-0.2, 0) is 4.79 Å². The first-order chi connectivity index (χ1) is 6.59. The van der Waals surface area contributed by atoms with E-state index in [9.17, 15) is 4.79 Å². The summed E-state index contributed by atoms with van der Waals surface area (Å²) in [6.45, 7) is 2.17. The molecule has 1 N–H and O–H groups in total. The van der Waals surface area contributed by atoms with E-state index < -0.39 is 5.97 Å². The summed E-state index contributed by atoms with van der Waals surface area (Å²) in [7, 11) is 0. The number of carbonyl (C=O) groups is 1. The number of ether oxygens (including phenoxy) is 1. The fourth-order valence-electron chi connectivity index (χ4n) is 0.971. The van der Waals surface area contributed by atoms with Crippen LogP contribution < -0.4 is 4.74 Å². The summed E-state index contributed by atoms with van der Waals surface area (Å²) in [5.41, 5.74) is 1.13. The van der Waals surface area contributed by atoms with Gasteiger partial charge in [0, 0.05) is 0 Å². The van der Waals surface area contributed by atoms with Crippen LogP contribution in [0.15, 0.2) is 22.7 Å². The quantitative estimate of drug-likeness (QED) is 0.903. The molecule has 0 atom stereocenters. The van der Waals surface area contributed by atoms with Crippen LogP contribution >= 0.6 is 15.9 Å². The second-order valence-corrected chi connectivity index (χ2v) is 3.78. The van der Waals surface area contributed by atoms with Crippen molar-refractivity contribution in [3.05, 3.63) is 28.2 Å². The number of aliphatic carboxylic acids is 1. The highest BCUT2D eigenvalue weighted by Crippen LogP contribution is 2.25. The highest BCUT2D eigenvalue weighted by Gasteiger charge is 2.02. The van der Waals surface area contributed by atoms with Gasteiger partial charge in [0.2, 0.25) is 0 Å². The maximum atomic E-state index is 10.2. The molecular weight excluding hydrogens is 248 g/mol. The van der Waals surface area contributed by atoms with Crippen molar-refractivity contribution < 1.29 is 14.6 Å². The molecule has 76 valence electrons. The lowest BCUT2D eigenvalue weighted by Crippen LogP contribution is -2.05. The van der Waals surface area contributed by atoms with Crippen LogP contribution in [0.5, 0.6) is 5.75 Å². The molecule has 0 radical (unpaired) electrons. The molecule has 0 saturated heterocycles. The molecule has 1 aromatic carbocycles. The van der Waals surface area contributed by atoms with E-state index in [0.29, 0.717) is 5.75 Å². The Morgan fingerprint density at radius 1 is 1.57 bits per heavy atom. The van der Waals surface area contributed by atoms with Gasteiger partial charge in [0.05, 0.1) is 17.5 Å². The molecule has 1 aromatic rings. The summed E-state index contributed by atoms with van der Waals surface area (Å²) in [4.78, 5) is 10.2. The number of carboxylic acids is 1. The molecule has 0 spiro atoms. The summed E-state index contributed by atoms with van der Waals surface area (Å²) in [5, 5.41) is 8.41. The highest BCUT2D eigenvalue weighted by molar-refractivity contribution is 9.10. The SMILES string of the molecule is Cc1ccc(OCCC(=O)O)c(Br)c1. The van der Waals surface area contributed by atoms with Gasteiger partial charge in [-0.2, -0.15) is 0 Å². The van der Waals surface area contributed by atoms with E-state index >= 15 is 0 Å². The molecule has 4 heteroatoms. The third-order valence-corrected chi connectivity index (χ3v) is 2.28. The first-order valence-corrected chi connectivity index (χ1v) is 4.99. The average Bonchev–Trinajstić information content (AvgIpc) is 2.08. The van der Waals surface area contributed by atoms with E-state index in [1.54, 1.807) is 0 Å². The Morgan fingerprint density at radius 2 is 2.29 bits per heavy atom. The smallest absolute Gasteiger partial charge is 0.306 e. The summed E-state index contributed by atoms with van der Waals surface area (Å²) >= 11 is 3.34. The second-order valence-electron chi connectivity index (χ2n) is 2.93. The van der Waals surface area contributed by atoms with Crippen LogP contribution in [0.3, 0.4) is 0 Å². The molecule has 3 nitrogen and oxygen atoms in total. The minimum absolute atomic E-state index is 0.0142. The molecular formula is C10H11BrO3. The second kappa shape index (κ2) is 5.00. The Kier molecular flexibility index (Phi) is 3.95. The summed E-state index contributed by atoms with van der Waals surface area (Å²) in [6.07, 6.45) is 0.0142. The van der Waals surface area contributed by atoms with Crippen LogP contribution in [0.4, 0.5) is 0 Å². The summed E-state index contributed by atoms with van der Waals surface area (Å²) in [5.74, 6) is -0.176. The lowest BCUT2D eigenvalue weighted by Gasteiger charge is -2.06. The zero-order valence-electron chi connectivity index (χ0n) is 7.79. The zero-order valence-corrected chi connectivity index (χ0v) is 9.37. The highest BCUT2D eigenvalue weighted by atomic mass is 79.9. The predicted molar refractivity (Wildman–Crippen MR) is 56.6 cm³/mol. The molecule has 0 saturated carbocycles. The molecule has 0 heterocycles. The fraction of sp³-hybridized carbons (Fsp3) is 0.300. The van der Waals surface area contributed by atoms with Gasteiger partial charge in [-0.1, -0.05) is 6.07 Å². The molecule has 14 heavy (non-hydrogen) atoms. The van der Waals surface area contributed by atoms with Gasteiger partial charge in [-0.3, -0.25) is 4.79 Å². The minimum Gasteiger partial charge on any atom is -0.492 e. The fourth-order valence-corrected chi connectivity index (χ4v) is 1.58. The molecule has 0 aliphatic rings. The molecule has 0 aliphatic carbocycles. The van der Waals surface area contributed by atoms with Gasteiger partial charge in [-0.25, -0.2) is 0 Å². The van der Waals surface area contributed by atoms with Crippen molar-refractivity contribution in [3.8, 4) is 5.75 Å². The van der Waals surface area contributed by atoms with Crippen LogP contribution in [-0.4, -0.2) is 17.7 Å². The van der Waals surface area contributed by atoms with Gasteiger partial charge >= 0.3 is 5.97 Å². The number of hydrogen-bond donors (Lipinski definition) is 1. The van der Waals surface area contributed by atoms with Crippen molar-refractivity contribution in [1.29, 1.82) is 0 Å². The number of aryl methyl sites for hydroxylation is 1. The average molecular weight is 259 g/mol. The molecule has 0 unspecified atom stereocenters. The number of hydrogen-bond acceptors (Lipinski definition) is 2. The van der Waals surface area contributed by atoms with Crippen molar-refractivity contribution >= 4 is 21.9 Å². The van der Waals surface area contributed by atoms with Crippen LogP contribution in [0.1, 0.15) is 12.0 Å². The predicted octanol–water partition coefficient (Wildman–Crippen LogP) is 2.61. The first-order valence-electron chi connectivity index (χ1n) is 4.20. The lowest BCUT2D eigenvalue weighted by atomic mass is 10.2. The van der Waals surface area contributed by atoms with E-state index in [2.05, 4.69) is 15.9 Å². The van der Waals surface area contributed by atoms with E-state index in [1.807, 2.05) is 25.1 Å². The molecule has 1 rings (SSSR count). The van der Waals surface area contributed by atoms with E-state index in [-0.39, 0.29) is 13.0 Å². The lowest BCUT2D eigenvalue weighted by molar-refractivity contribution is -0.137. The third-order valence-electron chi connectivity index (χ3n) is 1.66. The summed E-state index contributed by atoms with van der Waals surface area (Å²) in [6, 6.07) is 5.66. The van der Waals surface area contributed by atoms with Gasteiger partial charge in [-0.05, 0) is 40.5 Å². The zero-order chi connectivity index (χ0) is 10.6. The van der Waals surface area contributed by atoms with Crippen LogP contribution in [0, 0.1) is 6.92 Å². The molecule has 0 amide bonds. The van der Waals surface area contributed by atoms with Gasteiger partial charge in [0.15, 0.2) is 0 Å². The molecule has 0 aliphatic heterocycles. The monoisotopic (exact) mass is 258 g/mol. The minimum atomic E-state index is -0.853. The van der Waals surface area contributed by atoms with Crippen LogP contribution in [0.2, 0.25) is 0 Å². The summed E-state index contributed by atoms with van der Waals surface area (Å²) < 4.78 is 6.12. The standard InChI is InChI=1S/C10H11BrO3/c1-7-2-3-9(8(11)6-7)14-5-4-10(12)13/h2-3,6H,4-5H2,1H3,(H,12,13). The topological polar surface area (TPSA) is 46.5 Å². The van der Waals surface area contributed by atoms with Crippen molar-refractivity contribution in [1.82, 2.24) is 0 Å². The largest absolute Gasteiger partial charge is 0.492 e. The number of carboxylic acid groups (broad SMARTS) is 1. The molecule has 0 fully saturated rings. The number of benzene rings is 1. The Morgan fingerprint density at radius 3 is 2.86 bits per heavy atom. The Hall–Kier alpha value is -1.03. The van der Waals surface area contributed by atoms with Gasteiger partial charge in [0.25, 0.3) is 0 Å². The first kappa shape index (κ1) is 11.0. The Bertz CT molecular complexity index is 336. The van der Waals surface area contributed by atoms with Crippen molar-refractivity contribution in [2.75, 3.05) is 6.61 Å². The maximum Gasteiger partial charge on any atom is 0.306 e. The molecule has 0 bridgehead atoms. The van der Waals surface area contributed by atoms with E-state index in [0.717, 1.165) is 10.0 Å². The van der Waals surface area contributed by atoms with Gasteiger partial charge in [-0.15, -0.1) is 0 Å². The van der Waals surface area contributed by atoms with Crippen molar-refractivity contribution in [2.45, 2.75) is 13.3 Å². The van der Waals surface area contributed by atoms with Gasteiger partial charge in [0.1, 0.15) is 5.75 Å². The van der Waals surface area contributed by atoms with Crippen LogP contribution in [0.25, 0.3) is 0 Å². The third kappa shape index (κ3) is 3.38. The Labute approximate surface area is 90.8 Å². The maximum absolute atomic E-state index is 10.2. The normalized spacial score (nSPS) is 9.86.